The predicted octanol–water partition coefficient (Wildman–Crippen LogP) is 1.71. The largest absolute Gasteiger partial charge is 0.480 e. The van der Waals surface area contributed by atoms with Gasteiger partial charge in [0.15, 0.2) is 0 Å². The Morgan fingerprint density at radius 3 is 2.40 bits per heavy atom. The molecule has 0 saturated heterocycles. The van der Waals surface area contributed by atoms with Crippen molar-refractivity contribution in [3.63, 3.8) is 0 Å². The van der Waals surface area contributed by atoms with Crippen molar-refractivity contribution in [1.82, 2.24) is 5.32 Å². The van der Waals surface area contributed by atoms with Crippen LogP contribution >= 0.6 is 0 Å². The van der Waals surface area contributed by atoms with E-state index in [-0.39, 0.29) is 6.54 Å². The van der Waals surface area contributed by atoms with Crippen LogP contribution in [0, 0.1) is 0 Å². The number of rotatable bonds is 6. The first-order chi connectivity index (χ1) is 9.35. The molecule has 6 nitrogen and oxygen atoms in total. The number of urea groups is 1. The standard InChI is InChI=1S/C14H20N2O4/c1-14(2,20-3)10-15-13(19)16(9-12(17)18)11-7-5-4-6-8-11/h4-8H,9-10H2,1-3H3,(H,15,19)(H,17,18). The molecule has 1 aromatic carbocycles. The number of hydrogen-bond donors (Lipinski definition) is 2. The highest BCUT2D eigenvalue weighted by molar-refractivity contribution is 5.96. The molecule has 0 aliphatic carbocycles. The molecule has 0 unspecified atom stereocenters. The number of carboxylic acids is 1. The number of aliphatic carboxylic acids is 1. The van der Waals surface area contributed by atoms with Crippen LogP contribution in [0.1, 0.15) is 13.8 Å². The molecule has 0 atom stereocenters. The van der Waals surface area contributed by atoms with Gasteiger partial charge in [-0.15, -0.1) is 0 Å². The zero-order chi connectivity index (χ0) is 15.2. The van der Waals surface area contributed by atoms with Gasteiger partial charge in [-0.2, -0.15) is 0 Å². The molecule has 110 valence electrons. The summed E-state index contributed by atoms with van der Waals surface area (Å²) in [6.07, 6.45) is 0. The maximum absolute atomic E-state index is 12.1. The van der Waals surface area contributed by atoms with E-state index in [9.17, 15) is 9.59 Å². The van der Waals surface area contributed by atoms with Crippen molar-refractivity contribution in [2.24, 2.45) is 0 Å². The van der Waals surface area contributed by atoms with Gasteiger partial charge in [-0.3, -0.25) is 9.69 Å². The lowest BCUT2D eigenvalue weighted by atomic mass is 10.1. The molecule has 1 aromatic rings. The van der Waals surface area contributed by atoms with Gasteiger partial charge < -0.3 is 15.2 Å². The van der Waals surface area contributed by atoms with Crippen molar-refractivity contribution in [3.8, 4) is 0 Å². The van der Waals surface area contributed by atoms with Crippen LogP contribution < -0.4 is 10.2 Å². The average Bonchev–Trinajstić information content (AvgIpc) is 2.43. The third-order valence-corrected chi connectivity index (χ3v) is 2.82. The number of nitrogens with one attached hydrogen (secondary N) is 1. The zero-order valence-electron chi connectivity index (χ0n) is 11.9. The molecular weight excluding hydrogens is 260 g/mol. The molecule has 1 rings (SSSR count). The van der Waals surface area contributed by atoms with E-state index in [1.54, 1.807) is 37.4 Å². The van der Waals surface area contributed by atoms with Crippen LogP contribution in [0.4, 0.5) is 10.5 Å². The summed E-state index contributed by atoms with van der Waals surface area (Å²) >= 11 is 0. The summed E-state index contributed by atoms with van der Waals surface area (Å²) in [7, 11) is 1.55. The number of nitrogens with zero attached hydrogens (tertiary/aromatic N) is 1. The van der Waals surface area contributed by atoms with Gasteiger partial charge in [-0.1, -0.05) is 18.2 Å². The summed E-state index contributed by atoms with van der Waals surface area (Å²) in [5.41, 5.74) is 0.0175. The van der Waals surface area contributed by atoms with Gasteiger partial charge in [0.05, 0.1) is 5.60 Å². The van der Waals surface area contributed by atoms with Gasteiger partial charge in [0.25, 0.3) is 0 Å². The normalized spacial score (nSPS) is 10.9. The quantitative estimate of drug-likeness (QED) is 0.831. The molecule has 0 heterocycles. The smallest absolute Gasteiger partial charge is 0.323 e. The van der Waals surface area contributed by atoms with Crippen LogP contribution in [0.25, 0.3) is 0 Å². The highest BCUT2D eigenvalue weighted by Gasteiger charge is 2.22. The molecule has 0 spiro atoms. The van der Waals surface area contributed by atoms with Gasteiger partial charge in [0.1, 0.15) is 6.54 Å². The van der Waals surface area contributed by atoms with E-state index in [0.29, 0.717) is 5.69 Å². The molecule has 2 N–H and O–H groups in total. The molecule has 0 radical (unpaired) electrons. The number of amides is 2. The van der Waals surface area contributed by atoms with Crippen molar-refractivity contribution in [2.75, 3.05) is 25.1 Å². The first-order valence-corrected chi connectivity index (χ1v) is 6.23. The maximum atomic E-state index is 12.1. The Hall–Kier alpha value is -2.08. The first-order valence-electron chi connectivity index (χ1n) is 6.23. The fourth-order valence-corrected chi connectivity index (χ4v) is 1.48. The Balaban J connectivity index is 2.79. The molecule has 0 aromatic heterocycles. The van der Waals surface area contributed by atoms with E-state index >= 15 is 0 Å². The van der Waals surface area contributed by atoms with Gasteiger partial charge in [-0.05, 0) is 26.0 Å². The fraction of sp³-hybridized carbons (Fsp3) is 0.429. The summed E-state index contributed by atoms with van der Waals surface area (Å²) in [4.78, 5) is 24.2. The third kappa shape index (κ3) is 4.89. The average molecular weight is 280 g/mol. The van der Waals surface area contributed by atoms with E-state index in [2.05, 4.69) is 5.32 Å². The van der Waals surface area contributed by atoms with Crippen LogP contribution in [-0.4, -0.2) is 42.9 Å². The lowest BCUT2D eigenvalue weighted by Crippen LogP contribution is -2.48. The first kappa shape index (κ1) is 16.0. The van der Waals surface area contributed by atoms with E-state index in [0.717, 1.165) is 0 Å². The van der Waals surface area contributed by atoms with Gasteiger partial charge in [0.2, 0.25) is 0 Å². The van der Waals surface area contributed by atoms with Crippen LogP contribution in [0.5, 0.6) is 0 Å². The second-order valence-corrected chi connectivity index (χ2v) is 4.94. The number of methoxy groups -OCH3 is 1. The fourth-order valence-electron chi connectivity index (χ4n) is 1.48. The molecule has 0 aliphatic rings. The third-order valence-electron chi connectivity index (χ3n) is 2.82. The minimum Gasteiger partial charge on any atom is -0.480 e. The number of carboxylic acid groups (broad SMARTS) is 1. The molecular formula is C14H20N2O4. The van der Waals surface area contributed by atoms with Crippen molar-refractivity contribution in [3.05, 3.63) is 30.3 Å². The maximum Gasteiger partial charge on any atom is 0.323 e. The Bertz CT molecular complexity index is 460. The Kier molecular flexibility index (Phi) is 5.52. The highest BCUT2D eigenvalue weighted by Crippen LogP contribution is 2.13. The summed E-state index contributed by atoms with van der Waals surface area (Å²) in [5, 5.41) is 11.6. The Morgan fingerprint density at radius 1 is 1.30 bits per heavy atom. The molecule has 0 saturated carbocycles. The number of ether oxygens (including phenoxy) is 1. The Labute approximate surface area is 118 Å². The minimum atomic E-state index is -1.07. The second kappa shape index (κ2) is 6.91. The molecule has 0 fully saturated rings. The van der Waals surface area contributed by atoms with E-state index in [4.69, 9.17) is 9.84 Å². The van der Waals surface area contributed by atoms with Crippen molar-refractivity contribution in [2.45, 2.75) is 19.4 Å². The van der Waals surface area contributed by atoms with E-state index < -0.39 is 24.1 Å². The second-order valence-electron chi connectivity index (χ2n) is 4.94. The van der Waals surface area contributed by atoms with Gasteiger partial charge in [-0.25, -0.2) is 4.79 Å². The summed E-state index contributed by atoms with van der Waals surface area (Å²) < 4.78 is 5.21. The number of anilines is 1. The van der Waals surface area contributed by atoms with Gasteiger partial charge >= 0.3 is 12.0 Å². The lowest BCUT2D eigenvalue weighted by molar-refractivity contribution is -0.135. The summed E-state index contributed by atoms with van der Waals surface area (Å²) in [5.74, 6) is -1.07. The van der Waals surface area contributed by atoms with Crippen LogP contribution in [-0.2, 0) is 9.53 Å². The van der Waals surface area contributed by atoms with Crippen LogP contribution in [0.15, 0.2) is 30.3 Å². The SMILES string of the molecule is COC(C)(C)CNC(=O)N(CC(=O)O)c1ccccc1. The molecule has 20 heavy (non-hydrogen) atoms. The van der Waals surface area contributed by atoms with Crippen molar-refractivity contribution >= 4 is 17.7 Å². The van der Waals surface area contributed by atoms with Crippen molar-refractivity contribution in [1.29, 1.82) is 0 Å². The molecule has 0 bridgehead atoms. The number of carbonyl (C=O) groups is 2. The molecule has 0 aliphatic heterocycles. The van der Waals surface area contributed by atoms with Gasteiger partial charge in [0, 0.05) is 19.3 Å². The number of carbonyl (C=O) groups excluding carboxylic acids is 1. The summed E-state index contributed by atoms with van der Waals surface area (Å²) in [6.45, 7) is 3.54. The topological polar surface area (TPSA) is 78.9 Å². The monoisotopic (exact) mass is 280 g/mol. The zero-order valence-corrected chi connectivity index (χ0v) is 11.9. The molecule has 6 heteroatoms. The van der Waals surface area contributed by atoms with E-state index in [1.165, 1.54) is 4.90 Å². The number of benzene rings is 1. The minimum absolute atomic E-state index is 0.283. The number of hydrogen-bond acceptors (Lipinski definition) is 3. The predicted molar refractivity (Wildman–Crippen MR) is 75.9 cm³/mol. The lowest BCUT2D eigenvalue weighted by Gasteiger charge is -2.26. The molecule has 2 amide bonds. The van der Waals surface area contributed by atoms with Crippen molar-refractivity contribution < 1.29 is 19.4 Å². The van der Waals surface area contributed by atoms with Crippen LogP contribution in [0.3, 0.4) is 0 Å². The Morgan fingerprint density at radius 2 is 1.90 bits per heavy atom. The highest BCUT2D eigenvalue weighted by atomic mass is 16.5. The van der Waals surface area contributed by atoms with Crippen LogP contribution in [0.2, 0.25) is 0 Å². The summed E-state index contributed by atoms with van der Waals surface area (Å²) in [6, 6.07) is 8.19. The number of para-hydroxylation sites is 1. The van der Waals surface area contributed by atoms with E-state index in [1.807, 2.05) is 13.8 Å².